The van der Waals surface area contributed by atoms with E-state index in [-0.39, 0.29) is 11.9 Å². The van der Waals surface area contributed by atoms with Crippen molar-refractivity contribution in [3.05, 3.63) is 35.4 Å². The van der Waals surface area contributed by atoms with Gasteiger partial charge in [0.2, 0.25) is 5.91 Å². The third kappa shape index (κ3) is 4.28. The summed E-state index contributed by atoms with van der Waals surface area (Å²) in [6.45, 7) is 1.26. The SMILES string of the molecule is O=C(NCCc1cc(F)cc(F)c1)[C@@H]1CCCCN1. The van der Waals surface area contributed by atoms with Crippen molar-refractivity contribution in [1.82, 2.24) is 10.6 Å². The van der Waals surface area contributed by atoms with Crippen molar-refractivity contribution < 1.29 is 13.6 Å². The van der Waals surface area contributed by atoms with Gasteiger partial charge in [-0.05, 0) is 43.5 Å². The second-order valence-corrected chi connectivity index (χ2v) is 4.82. The van der Waals surface area contributed by atoms with Crippen molar-refractivity contribution in [2.45, 2.75) is 31.7 Å². The topological polar surface area (TPSA) is 41.1 Å². The molecule has 0 aliphatic carbocycles. The molecule has 0 radical (unpaired) electrons. The van der Waals surface area contributed by atoms with E-state index in [9.17, 15) is 13.6 Å². The third-order valence-corrected chi connectivity index (χ3v) is 3.26. The molecule has 5 heteroatoms. The summed E-state index contributed by atoms with van der Waals surface area (Å²) in [7, 11) is 0. The van der Waals surface area contributed by atoms with Gasteiger partial charge in [-0.1, -0.05) is 6.42 Å². The minimum atomic E-state index is -0.588. The van der Waals surface area contributed by atoms with Crippen LogP contribution in [0.4, 0.5) is 8.78 Å². The second kappa shape index (κ2) is 6.61. The quantitative estimate of drug-likeness (QED) is 0.873. The van der Waals surface area contributed by atoms with Crippen molar-refractivity contribution in [1.29, 1.82) is 0 Å². The standard InChI is InChI=1S/C14H18F2N2O/c15-11-7-10(8-12(16)9-11)4-6-18-14(19)13-3-1-2-5-17-13/h7-9,13,17H,1-6H2,(H,18,19)/t13-/m0/s1. The molecule has 1 atom stereocenters. The lowest BCUT2D eigenvalue weighted by Crippen LogP contribution is -2.47. The fourth-order valence-corrected chi connectivity index (χ4v) is 2.28. The van der Waals surface area contributed by atoms with E-state index in [1.807, 2.05) is 0 Å². The number of benzene rings is 1. The Morgan fingerprint density at radius 1 is 1.26 bits per heavy atom. The number of carbonyl (C=O) groups is 1. The Bertz CT molecular complexity index is 425. The zero-order chi connectivity index (χ0) is 13.7. The van der Waals surface area contributed by atoms with Crippen molar-refractivity contribution >= 4 is 5.91 Å². The van der Waals surface area contributed by atoms with E-state index >= 15 is 0 Å². The number of hydrogen-bond acceptors (Lipinski definition) is 2. The van der Waals surface area contributed by atoms with Crippen LogP contribution in [0.3, 0.4) is 0 Å². The number of rotatable bonds is 4. The minimum Gasteiger partial charge on any atom is -0.354 e. The Morgan fingerprint density at radius 2 is 2.00 bits per heavy atom. The summed E-state index contributed by atoms with van der Waals surface area (Å²) in [6, 6.07) is 3.29. The maximum atomic E-state index is 13.0. The van der Waals surface area contributed by atoms with Crippen molar-refractivity contribution in [2.75, 3.05) is 13.1 Å². The van der Waals surface area contributed by atoms with E-state index in [0.29, 0.717) is 18.5 Å². The first-order chi connectivity index (χ1) is 9.15. The van der Waals surface area contributed by atoms with E-state index in [1.54, 1.807) is 0 Å². The molecule has 2 rings (SSSR count). The third-order valence-electron chi connectivity index (χ3n) is 3.26. The number of halogens is 2. The first-order valence-corrected chi connectivity index (χ1v) is 6.61. The Morgan fingerprint density at radius 3 is 2.63 bits per heavy atom. The summed E-state index contributed by atoms with van der Waals surface area (Å²) in [5, 5.41) is 5.95. The fourth-order valence-electron chi connectivity index (χ4n) is 2.28. The minimum absolute atomic E-state index is 0.0309. The zero-order valence-corrected chi connectivity index (χ0v) is 10.7. The molecule has 3 nitrogen and oxygen atoms in total. The Labute approximate surface area is 111 Å². The highest BCUT2D eigenvalue weighted by Gasteiger charge is 2.19. The predicted octanol–water partition coefficient (Wildman–Crippen LogP) is 1.77. The molecular weight excluding hydrogens is 250 g/mol. The van der Waals surface area contributed by atoms with Gasteiger partial charge in [0, 0.05) is 12.6 Å². The number of hydrogen-bond donors (Lipinski definition) is 2. The molecule has 0 aromatic heterocycles. The summed E-state index contributed by atoms with van der Waals surface area (Å²) in [4.78, 5) is 11.8. The average molecular weight is 268 g/mol. The van der Waals surface area contributed by atoms with E-state index in [2.05, 4.69) is 10.6 Å². The molecule has 1 heterocycles. The van der Waals surface area contributed by atoms with Crippen LogP contribution in [0, 0.1) is 11.6 Å². The van der Waals surface area contributed by atoms with Crippen LogP contribution in [-0.2, 0) is 11.2 Å². The number of amides is 1. The van der Waals surface area contributed by atoms with Gasteiger partial charge in [0.25, 0.3) is 0 Å². The molecule has 0 spiro atoms. The van der Waals surface area contributed by atoms with Gasteiger partial charge in [-0.3, -0.25) is 4.79 Å². The molecule has 1 saturated heterocycles. The zero-order valence-electron chi connectivity index (χ0n) is 10.7. The molecule has 19 heavy (non-hydrogen) atoms. The fraction of sp³-hybridized carbons (Fsp3) is 0.500. The molecule has 104 valence electrons. The molecule has 1 amide bonds. The molecule has 1 aliphatic heterocycles. The summed E-state index contributed by atoms with van der Waals surface area (Å²) >= 11 is 0. The lowest BCUT2D eigenvalue weighted by molar-refractivity contribution is -0.123. The van der Waals surface area contributed by atoms with E-state index in [0.717, 1.165) is 31.9 Å². The van der Waals surface area contributed by atoms with Gasteiger partial charge in [-0.25, -0.2) is 8.78 Å². The monoisotopic (exact) mass is 268 g/mol. The van der Waals surface area contributed by atoms with Crippen LogP contribution in [0.2, 0.25) is 0 Å². The first-order valence-electron chi connectivity index (χ1n) is 6.61. The summed E-state index contributed by atoms with van der Waals surface area (Å²) < 4.78 is 25.9. The molecule has 1 aromatic rings. The Kier molecular flexibility index (Phi) is 4.85. The number of nitrogens with one attached hydrogen (secondary N) is 2. The first kappa shape index (κ1) is 13.9. The van der Waals surface area contributed by atoms with Crippen LogP contribution in [0.5, 0.6) is 0 Å². The Balaban J connectivity index is 1.77. The van der Waals surface area contributed by atoms with Crippen molar-refractivity contribution in [3.63, 3.8) is 0 Å². The van der Waals surface area contributed by atoms with E-state index in [1.165, 1.54) is 12.1 Å². The Hall–Kier alpha value is -1.49. The molecule has 1 aromatic carbocycles. The normalized spacial score (nSPS) is 19.2. The van der Waals surface area contributed by atoms with Crippen LogP contribution in [0.25, 0.3) is 0 Å². The number of piperidine rings is 1. The maximum Gasteiger partial charge on any atom is 0.237 e. The molecule has 0 bridgehead atoms. The predicted molar refractivity (Wildman–Crippen MR) is 68.7 cm³/mol. The summed E-state index contributed by atoms with van der Waals surface area (Å²) in [5.41, 5.74) is 0.550. The highest BCUT2D eigenvalue weighted by molar-refractivity contribution is 5.81. The molecule has 1 aliphatic rings. The van der Waals surface area contributed by atoms with Crippen molar-refractivity contribution in [3.8, 4) is 0 Å². The highest BCUT2D eigenvalue weighted by atomic mass is 19.1. The second-order valence-electron chi connectivity index (χ2n) is 4.82. The van der Waals surface area contributed by atoms with Crippen molar-refractivity contribution in [2.24, 2.45) is 0 Å². The molecule has 0 saturated carbocycles. The van der Waals surface area contributed by atoms with Crippen LogP contribution >= 0.6 is 0 Å². The lowest BCUT2D eigenvalue weighted by Gasteiger charge is -2.22. The van der Waals surface area contributed by atoms with E-state index in [4.69, 9.17) is 0 Å². The lowest BCUT2D eigenvalue weighted by atomic mass is 10.0. The maximum absolute atomic E-state index is 13.0. The van der Waals surface area contributed by atoms with Gasteiger partial charge in [-0.15, -0.1) is 0 Å². The molecule has 0 unspecified atom stereocenters. The smallest absolute Gasteiger partial charge is 0.237 e. The van der Waals surface area contributed by atoms with Crippen LogP contribution in [0.15, 0.2) is 18.2 Å². The highest BCUT2D eigenvalue weighted by Crippen LogP contribution is 2.09. The van der Waals surface area contributed by atoms with E-state index < -0.39 is 11.6 Å². The van der Waals surface area contributed by atoms with Gasteiger partial charge in [-0.2, -0.15) is 0 Å². The average Bonchev–Trinajstić information content (AvgIpc) is 2.38. The molecular formula is C14H18F2N2O. The van der Waals surface area contributed by atoms with Gasteiger partial charge in [0.15, 0.2) is 0 Å². The summed E-state index contributed by atoms with van der Waals surface area (Å²) in [5.74, 6) is -1.21. The largest absolute Gasteiger partial charge is 0.354 e. The summed E-state index contributed by atoms with van der Waals surface area (Å²) in [6.07, 6.45) is 3.43. The van der Waals surface area contributed by atoms with Gasteiger partial charge >= 0.3 is 0 Å². The van der Waals surface area contributed by atoms with Crippen LogP contribution in [0.1, 0.15) is 24.8 Å². The van der Waals surface area contributed by atoms with Gasteiger partial charge in [0.1, 0.15) is 11.6 Å². The number of carbonyl (C=O) groups excluding carboxylic acids is 1. The van der Waals surface area contributed by atoms with Gasteiger partial charge < -0.3 is 10.6 Å². The molecule has 1 fully saturated rings. The van der Waals surface area contributed by atoms with Crippen LogP contribution < -0.4 is 10.6 Å². The molecule has 2 N–H and O–H groups in total. The van der Waals surface area contributed by atoms with Crippen LogP contribution in [-0.4, -0.2) is 25.0 Å². The van der Waals surface area contributed by atoms with Gasteiger partial charge in [0.05, 0.1) is 6.04 Å².